The first-order chi connectivity index (χ1) is 11.0. The van der Waals surface area contributed by atoms with E-state index in [-0.39, 0.29) is 12.7 Å². The van der Waals surface area contributed by atoms with Crippen molar-refractivity contribution in [2.24, 2.45) is 0 Å². The highest BCUT2D eigenvalue weighted by molar-refractivity contribution is 9.11. The first kappa shape index (κ1) is 15.4. The van der Waals surface area contributed by atoms with Gasteiger partial charge < -0.3 is 9.47 Å². The summed E-state index contributed by atoms with van der Waals surface area (Å²) in [5.41, 5.74) is 1.10. The topological polar surface area (TPSA) is 55.8 Å². The van der Waals surface area contributed by atoms with Crippen molar-refractivity contribution in [2.75, 3.05) is 19.9 Å². The molecule has 122 valence electrons. The average molecular weight is 416 g/mol. The molecule has 23 heavy (non-hydrogen) atoms. The van der Waals surface area contributed by atoms with Crippen LogP contribution in [-0.2, 0) is 10.0 Å². The van der Waals surface area contributed by atoms with E-state index in [9.17, 15) is 8.42 Å². The average Bonchev–Trinajstić information content (AvgIpc) is 3.26. The number of benzene rings is 1. The third-order valence-corrected chi connectivity index (χ3v) is 8.12. The number of thiophene rings is 1. The van der Waals surface area contributed by atoms with Crippen molar-refractivity contribution in [3.05, 3.63) is 39.7 Å². The zero-order valence-corrected chi connectivity index (χ0v) is 15.3. The van der Waals surface area contributed by atoms with Gasteiger partial charge in [0.25, 0.3) is 10.0 Å². The summed E-state index contributed by atoms with van der Waals surface area (Å²) < 4.78 is 38.9. The smallest absolute Gasteiger partial charge is 0.252 e. The minimum absolute atomic E-state index is 0.183. The molecule has 0 aliphatic carbocycles. The van der Waals surface area contributed by atoms with Gasteiger partial charge in [-0.1, -0.05) is 6.07 Å². The van der Waals surface area contributed by atoms with E-state index in [0.717, 1.165) is 27.3 Å². The second kappa shape index (κ2) is 5.77. The van der Waals surface area contributed by atoms with Crippen LogP contribution in [0.25, 0.3) is 0 Å². The quantitative estimate of drug-likeness (QED) is 0.770. The number of sulfonamides is 1. The lowest BCUT2D eigenvalue weighted by molar-refractivity contribution is 0.174. The van der Waals surface area contributed by atoms with Crippen LogP contribution in [0, 0.1) is 0 Å². The highest BCUT2D eigenvalue weighted by atomic mass is 79.9. The van der Waals surface area contributed by atoms with Crippen molar-refractivity contribution in [3.63, 3.8) is 0 Å². The van der Waals surface area contributed by atoms with Crippen molar-refractivity contribution in [1.29, 1.82) is 0 Å². The summed E-state index contributed by atoms with van der Waals surface area (Å²) in [6, 6.07) is 9.27. The molecule has 0 N–H and O–H groups in total. The van der Waals surface area contributed by atoms with Crippen molar-refractivity contribution in [2.45, 2.75) is 16.5 Å². The molecule has 1 aromatic heterocycles. The summed E-state index contributed by atoms with van der Waals surface area (Å²) in [5, 5.41) is 0. The number of nitrogens with zero attached hydrogens (tertiary/aromatic N) is 1. The molecule has 1 atom stereocenters. The van der Waals surface area contributed by atoms with E-state index in [1.165, 1.54) is 11.3 Å². The van der Waals surface area contributed by atoms with Gasteiger partial charge in [-0.25, -0.2) is 8.42 Å². The first-order valence-corrected chi connectivity index (χ1v) is 10.2. The minimum atomic E-state index is -3.40. The normalized spacial score (nSPS) is 21.0. The largest absolute Gasteiger partial charge is 0.454 e. The molecule has 1 unspecified atom stereocenters. The van der Waals surface area contributed by atoms with Crippen LogP contribution in [0.1, 0.15) is 17.9 Å². The molecule has 2 aliphatic heterocycles. The van der Waals surface area contributed by atoms with Gasteiger partial charge in [0.05, 0.1) is 3.79 Å². The number of fused-ring (bicyclic) bond motifs is 1. The van der Waals surface area contributed by atoms with Crippen LogP contribution in [0.5, 0.6) is 11.5 Å². The van der Waals surface area contributed by atoms with Crippen LogP contribution in [0.15, 0.2) is 38.3 Å². The van der Waals surface area contributed by atoms with E-state index >= 15 is 0 Å². The Kier molecular flexibility index (Phi) is 3.87. The maximum Gasteiger partial charge on any atom is 0.252 e. The summed E-state index contributed by atoms with van der Waals surface area (Å²) in [7, 11) is -3.40. The zero-order chi connectivity index (χ0) is 16.0. The Labute approximate surface area is 147 Å². The molecular weight excluding hydrogens is 402 g/mol. The van der Waals surface area contributed by atoms with Crippen LogP contribution in [0.3, 0.4) is 0 Å². The van der Waals surface area contributed by atoms with Crippen LogP contribution < -0.4 is 9.47 Å². The van der Waals surface area contributed by atoms with Crippen molar-refractivity contribution in [1.82, 2.24) is 4.31 Å². The number of rotatable bonds is 3. The second-order valence-electron chi connectivity index (χ2n) is 5.52. The molecule has 1 fully saturated rings. The van der Waals surface area contributed by atoms with Crippen LogP contribution in [0.4, 0.5) is 0 Å². The van der Waals surface area contributed by atoms with E-state index in [4.69, 9.17) is 9.47 Å². The fourth-order valence-electron chi connectivity index (χ4n) is 2.95. The molecule has 0 spiro atoms. The molecule has 1 saturated heterocycles. The fourth-order valence-corrected chi connectivity index (χ4v) is 6.61. The lowest BCUT2D eigenvalue weighted by atomic mass is 9.98. The molecule has 2 aliphatic rings. The summed E-state index contributed by atoms with van der Waals surface area (Å²) in [6.07, 6.45) is 0.811. The van der Waals surface area contributed by atoms with Gasteiger partial charge >= 0.3 is 0 Å². The van der Waals surface area contributed by atoms with Gasteiger partial charge in [-0.3, -0.25) is 0 Å². The molecule has 4 rings (SSSR count). The predicted molar refractivity (Wildman–Crippen MR) is 90.7 cm³/mol. The van der Waals surface area contributed by atoms with Crippen LogP contribution in [0.2, 0.25) is 0 Å². The summed E-state index contributed by atoms with van der Waals surface area (Å²) >= 11 is 4.57. The summed E-state index contributed by atoms with van der Waals surface area (Å²) in [6.45, 7) is 1.28. The third kappa shape index (κ3) is 2.77. The van der Waals surface area contributed by atoms with E-state index in [1.54, 1.807) is 16.4 Å². The van der Waals surface area contributed by atoms with Gasteiger partial charge in [0.2, 0.25) is 6.79 Å². The molecule has 0 amide bonds. The van der Waals surface area contributed by atoms with E-state index in [2.05, 4.69) is 15.9 Å². The minimum Gasteiger partial charge on any atom is -0.454 e. The maximum atomic E-state index is 12.7. The van der Waals surface area contributed by atoms with Crippen LogP contribution >= 0.6 is 27.3 Å². The van der Waals surface area contributed by atoms with E-state index in [1.807, 2.05) is 18.2 Å². The lowest BCUT2D eigenvalue weighted by Gasteiger charge is -2.15. The SMILES string of the molecule is O=S(=O)(c1ccc(Br)s1)N1CCC(c2ccc3c(c2)OCO3)C1. The molecule has 2 aromatic rings. The molecule has 3 heterocycles. The highest BCUT2D eigenvalue weighted by Crippen LogP contribution is 2.38. The Morgan fingerprint density at radius 3 is 2.78 bits per heavy atom. The standard InChI is InChI=1S/C15H14BrNO4S2/c16-14-3-4-15(22-14)23(18,19)17-6-5-11(8-17)10-1-2-12-13(7-10)21-9-20-12/h1-4,7,11H,5-6,8-9H2. The van der Waals surface area contributed by atoms with E-state index < -0.39 is 10.0 Å². The van der Waals surface area contributed by atoms with Crippen LogP contribution in [-0.4, -0.2) is 32.6 Å². The van der Waals surface area contributed by atoms with Gasteiger partial charge in [-0.15, -0.1) is 11.3 Å². The van der Waals surface area contributed by atoms with Crippen molar-refractivity contribution >= 4 is 37.3 Å². The lowest BCUT2D eigenvalue weighted by Crippen LogP contribution is -2.28. The second-order valence-corrected chi connectivity index (χ2v) is 10.1. The Bertz CT molecular complexity index is 849. The molecule has 0 radical (unpaired) electrons. The number of halogens is 1. The molecule has 5 nitrogen and oxygen atoms in total. The van der Waals surface area contributed by atoms with Gasteiger partial charge in [0.1, 0.15) is 4.21 Å². The Morgan fingerprint density at radius 2 is 2.00 bits per heavy atom. The third-order valence-electron chi connectivity index (χ3n) is 4.16. The molecule has 1 aromatic carbocycles. The molecule has 0 bridgehead atoms. The Hall–Kier alpha value is -1.09. The molecule has 0 saturated carbocycles. The molecular formula is C15H14BrNO4S2. The summed E-state index contributed by atoms with van der Waals surface area (Å²) in [5.74, 6) is 1.67. The summed E-state index contributed by atoms with van der Waals surface area (Å²) in [4.78, 5) is 0. The fraction of sp³-hybridized carbons (Fsp3) is 0.333. The van der Waals surface area contributed by atoms with Gasteiger partial charge in [-0.2, -0.15) is 4.31 Å². The number of hydrogen-bond acceptors (Lipinski definition) is 5. The monoisotopic (exact) mass is 415 g/mol. The van der Waals surface area contributed by atoms with Gasteiger partial charge in [-0.05, 0) is 58.1 Å². The van der Waals surface area contributed by atoms with E-state index in [0.29, 0.717) is 17.3 Å². The highest BCUT2D eigenvalue weighted by Gasteiger charge is 2.34. The van der Waals surface area contributed by atoms with Gasteiger partial charge in [0.15, 0.2) is 11.5 Å². The maximum absolute atomic E-state index is 12.7. The Balaban J connectivity index is 1.55. The predicted octanol–water partition coefficient (Wildman–Crippen LogP) is 3.42. The zero-order valence-electron chi connectivity index (χ0n) is 12.1. The van der Waals surface area contributed by atoms with Crippen molar-refractivity contribution < 1.29 is 17.9 Å². The van der Waals surface area contributed by atoms with Crippen molar-refractivity contribution in [3.8, 4) is 11.5 Å². The number of hydrogen-bond donors (Lipinski definition) is 0. The number of ether oxygens (including phenoxy) is 2. The Morgan fingerprint density at radius 1 is 1.17 bits per heavy atom. The first-order valence-electron chi connectivity index (χ1n) is 7.19. The van der Waals surface area contributed by atoms with Gasteiger partial charge in [0, 0.05) is 13.1 Å². The molecule has 8 heteroatoms.